The second-order valence-electron chi connectivity index (χ2n) is 6.24. The normalized spacial score (nSPS) is 10.9. The topological polar surface area (TPSA) is 89.2 Å². The molecule has 8 heteroatoms. The molecule has 0 fully saturated rings. The summed E-state index contributed by atoms with van der Waals surface area (Å²) >= 11 is 1.47. The Bertz CT molecular complexity index is 1080. The first-order valence-electron chi connectivity index (χ1n) is 8.80. The molecule has 0 radical (unpaired) electrons. The molecule has 2 amide bonds. The number of amides is 2. The largest absolute Gasteiger partial charge is 0.451 e. The number of nitrogens with zero attached hydrogens (tertiary/aromatic N) is 2. The second-order valence-corrected chi connectivity index (χ2v) is 7.02. The highest BCUT2D eigenvalue weighted by atomic mass is 32.1. The molecule has 0 atom stereocenters. The van der Waals surface area contributed by atoms with E-state index in [1.807, 2.05) is 16.1 Å². The Morgan fingerprint density at radius 3 is 2.89 bits per heavy atom. The number of imidazole rings is 1. The summed E-state index contributed by atoms with van der Waals surface area (Å²) in [7, 11) is 0. The van der Waals surface area contributed by atoms with Gasteiger partial charge in [0.25, 0.3) is 11.8 Å². The molecule has 3 heterocycles. The van der Waals surface area contributed by atoms with Crippen LogP contribution in [0.15, 0.2) is 64.2 Å². The average Bonchev–Trinajstić information content (AvgIpc) is 3.46. The van der Waals surface area contributed by atoms with E-state index in [4.69, 9.17) is 4.42 Å². The van der Waals surface area contributed by atoms with Crippen molar-refractivity contribution in [3.63, 3.8) is 0 Å². The summed E-state index contributed by atoms with van der Waals surface area (Å²) in [5.41, 5.74) is 1.86. The van der Waals surface area contributed by atoms with Gasteiger partial charge in [-0.1, -0.05) is 0 Å². The molecule has 0 saturated carbocycles. The first-order chi connectivity index (χ1) is 13.7. The number of carbonyl (C=O) groups excluding carboxylic acids is 2. The van der Waals surface area contributed by atoms with Crippen LogP contribution < -0.4 is 10.6 Å². The molecule has 1 aromatic carbocycles. The molecule has 4 aromatic rings. The number of hydrogen-bond acceptors (Lipinski definition) is 5. The molecule has 2 N–H and O–H groups in total. The maximum Gasteiger partial charge on any atom is 0.287 e. The number of carbonyl (C=O) groups is 2. The van der Waals surface area contributed by atoms with E-state index in [9.17, 15) is 9.59 Å². The number of nitrogens with one attached hydrogen (secondary N) is 2. The number of aryl methyl sites for hydroxylation is 1. The van der Waals surface area contributed by atoms with Gasteiger partial charge in [0.2, 0.25) is 0 Å². The Balaban J connectivity index is 1.37. The second kappa shape index (κ2) is 8.10. The molecule has 0 aliphatic rings. The highest BCUT2D eigenvalue weighted by Crippen LogP contribution is 2.23. The lowest BCUT2D eigenvalue weighted by atomic mass is 10.2. The number of thiophene rings is 1. The molecule has 0 aliphatic heterocycles. The van der Waals surface area contributed by atoms with Crippen molar-refractivity contribution in [3.05, 3.63) is 71.1 Å². The molecule has 3 aromatic heterocycles. The number of benzene rings is 1. The van der Waals surface area contributed by atoms with Crippen LogP contribution in [0.5, 0.6) is 0 Å². The van der Waals surface area contributed by atoms with Crippen LogP contribution in [0.3, 0.4) is 0 Å². The van der Waals surface area contributed by atoms with Gasteiger partial charge in [0, 0.05) is 41.9 Å². The monoisotopic (exact) mass is 394 g/mol. The standard InChI is InChI=1S/C20H18N4O3S/c25-19(14-4-9-28-12-14)23-16-2-3-17-15(10-16)11-18(27-17)20(26)22-5-1-7-24-8-6-21-13-24/h2-4,6,8-13H,1,5,7H2,(H,22,26)(H,23,25). The fourth-order valence-corrected chi connectivity index (χ4v) is 3.44. The summed E-state index contributed by atoms with van der Waals surface area (Å²) in [4.78, 5) is 28.4. The molecule has 0 saturated heterocycles. The van der Waals surface area contributed by atoms with E-state index in [1.165, 1.54) is 11.3 Å². The molecule has 142 valence electrons. The third-order valence-electron chi connectivity index (χ3n) is 4.22. The van der Waals surface area contributed by atoms with E-state index in [1.54, 1.807) is 48.2 Å². The first kappa shape index (κ1) is 18.0. The summed E-state index contributed by atoms with van der Waals surface area (Å²) < 4.78 is 7.58. The zero-order valence-corrected chi connectivity index (χ0v) is 15.7. The fourth-order valence-electron chi connectivity index (χ4n) is 2.80. The quantitative estimate of drug-likeness (QED) is 0.467. The van der Waals surface area contributed by atoms with Crippen LogP contribution >= 0.6 is 11.3 Å². The molecule has 4 rings (SSSR count). The van der Waals surface area contributed by atoms with Gasteiger partial charge in [-0.2, -0.15) is 11.3 Å². The third kappa shape index (κ3) is 4.12. The van der Waals surface area contributed by atoms with Crippen molar-refractivity contribution >= 4 is 39.8 Å². The van der Waals surface area contributed by atoms with Crippen LogP contribution in [0, 0.1) is 0 Å². The lowest BCUT2D eigenvalue weighted by molar-refractivity contribution is 0.0926. The number of aromatic nitrogens is 2. The number of rotatable bonds is 7. The minimum absolute atomic E-state index is 0.167. The lowest BCUT2D eigenvalue weighted by Crippen LogP contribution is -2.24. The summed E-state index contributed by atoms with van der Waals surface area (Å²) in [6, 6.07) is 8.74. The molecule has 0 aliphatic carbocycles. The third-order valence-corrected chi connectivity index (χ3v) is 4.90. The highest BCUT2D eigenvalue weighted by Gasteiger charge is 2.13. The fraction of sp³-hybridized carbons (Fsp3) is 0.150. The van der Waals surface area contributed by atoms with Gasteiger partial charge in [-0.05, 0) is 42.1 Å². The smallest absolute Gasteiger partial charge is 0.287 e. The van der Waals surface area contributed by atoms with Gasteiger partial charge < -0.3 is 19.6 Å². The van der Waals surface area contributed by atoms with Gasteiger partial charge in [-0.3, -0.25) is 9.59 Å². The van der Waals surface area contributed by atoms with E-state index in [2.05, 4.69) is 15.6 Å². The van der Waals surface area contributed by atoms with Crippen LogP contribution in [0.4, 0.5) is 5.69 Å². The molecular weight excluding hydrogens is 376 g/mol. The minimum Gasteiger partial charge on any atom is -0.451 e. The number of anilines is 1. The zero-order valence-electron chi connectivity index (χ0n) is 14.9. The Hall–Kier alpha value is -3.39. The lowest BCUT2D eigenvalue weighted by Gasteiger charge is -2.03. The molecule has 28 heavy (non-hydrogen) atoms. The number of fused-ring (bicyclic) bond motifs is 1. The Morgan fingerprint density at radius 2 is 2.11 bits per heavy atom. The van der Waals surface area contributed by atoms with Crippen LogP contribution in [-0.4, -0.2) is 27.9 Å². The van der Waals surface area contributed by atoms with Crippen LogP contribution in [0.25, 0.3) is 11.0 Å². The van der Waals surface area contributed by atoms with Gasteiger partial charge in [-0.15, -0.1) is 0 Å². The van der Waals surface area contributed by atoms with Crippen molar-refractivity contribution in [2.24, 2.45) is 0 Å². The minimum atomic E-state index is -0.259. The SMILES string of the molecule is O=C(Nc1ccc2oc(C(=O)NCCCn3ccnc3)cc2c1)c1ccsc1. The van der Waals surface area contributed by atoms with Gasteiger partial charge >= 0.3 is 0 Å². The van der Waals surface area contributed by atoms with Crippen LogP contribution in [-0.2, 0) is 6.54 Å². The maximum absolute atomic E-state index is 12.3. The zero-order chi connectivity index (χ0) is 19.3. The van der Waals surface area contributed by atoms with E-state index in [0.29, 0.717) is 23.4 Å². The predicted molar refractivity (Wildman–Crippen MR) is 108 cm³/mol. The Kier molecular flexibility index (Phi) is 5.20. The van der Waals surface area contributed by atoms with Gasteiger partial charge in [-0.25, -0.2) is 4.98 Å². The molecule has 0 spiro atoms. The molecule has 0 bridgehead atoms. The van der Waals surface area contributed by atoms with Gasteiger partial charge in [0.15, 0.2) is 5.76 Å². The first-order valence-corrected chi connectivity index (χ1v) is 9.74. The van der Waals surface area contributed by atoms with E-state index >= 15 is 0 Å². The van der Waals surface area contributed by atoms with Crippen molar-refractivity contribution < 1.29 is 14.0 Å². The van der Waals surface area contributed by atoms with Crippen molar-refractivity contribution in [1.29, 1.82) is 0 Å². The van der Waals surface area contributed by atoms with Crippen molar-refractivity contribution in [2.75, 3.05) is 11.9 Å². The summed E-state index contributed by atoms with van der Waals surface area (Å²) in [5.74, 6) is -0.176. The molecule has 7 nitrogen and oxygen atoms in total. The number of hydrogen-bond donors (Lipinski definition) is 2. The molecular formula is C20H18N4O3S. The van der Waals surface area contributed by atoms with E-state index in [-0.39, 0.29) is 17.6 Å². The summed E-state index contributed by atoms with van der Waals surface area (Å²) in [6.07, 6.45) is 6.15. The molecule has 0 unspecified atom stereocenters. The highest BCUT2D eigenvalue weighted by molar-refractivity contribution is 7.08. The summed E-state index contributed by atoms with van der Waals surface area (Å²) in [5, 5.41) is 10.1. The van der Waals surface area contributed by atoms with E-state index < -0.39 is 0 Å². The Morgan fingerprint density at radius 1 is 1.18 bits per heavy atom. The van der Waals surface area contributed by atoms with Crippen LogP contribution in [0.1, 0.15) is 27.3 Å². The van der Waals surface area contributed by atoms with Crippen molar-refractivity contribution in [3.8, 4) is 0 Å². The number of furan rings is 1. The predicted octanol–water partition coefficient (Wildman–Crippen LogP) is 3.76. The summed E-state index contributed by atoms with van der Waals surface area (Å²) in [6.45, 7) is 1.32. The van der Waals surface area contributed by atoms with Gasteiger partial charge in [0.1, 0.15) is 5.58 Å². The maximum atomic E-state index is 12.3. The van der Waals surface area contributed by atoms with Crippen molar-refractivity contribution in [1.82, 2.24) is 14.9 Å². The van der Waals surface area contributed by atoms with Crippen molar-refractivity contribution in [2.45, 2.75) is 13.0 Å². The van der Waals surface area contributed by atoms with Crippen LogP contribution in [0.2, 0.25) is 0 Å². The van der Waals surface area contributed by atoms with Gasteiger partial charge in [0.05, 0.1) is 11.9 Å². The Labute approximate surface area is 165 Å². The average molecular weight is 394 g/mol. The van der Waals surface area contributed by atoms with E-state index in [0.717, 1.165) is 18.4 Å².